The predicted molar refractivity (Wildman–Crippen MR) is 102 cm³/mol. The summed E-state index contributed by atoms with van der Waals surface area (Å²) in [4.78, 5) is 27.7. The molecule has 4 aromatic rings. The molecule has 0 fully saturated rings. The van der Waals surface area contributed by atoms with Gasteiger partial charge >= 0.3 is 6.18 Å². The number of amides is 1. The van der Waals surface area contributed by atoms with Gasteiger partial charge in [0.15, 0.2) is 0 Å². The van der Waals surface area contributed by atoms with Gasteiger partial charge in [-0.2, -0.15) is 13.2 Å². The average molecular weight is 431 g/mol. The number of carbonyl (C=O) groups is 1. The Morgan fingerprint density at radius 1 is 1.10 bits per heavy atom. The van der Waals surface area contributed by atoms with Crippen molar-refractivity contribution in [2.24, 2.45) is 5.73 Å². The van der Waals surface area contributed by atoms with Gasteiger partial charge in [-0.15, -0.1) is 11.3 Å². The molecule has 0 saturated heterocycles. The highest BCUT2D eigenvalue weighted by atomic mass is 32.1. The van der Waals surface area contributed by atoms with Crippen molar-refractivity contribution in [2.45, 2.75) is 12.1 Å². The average Bonchev–Trinajstić information content (AvgIpc) is 3.11. The van der Waals surface area contributed by atoms with E-state index < -0.39 is 23.7 Å². The van der Waals surface area contributed by atoms with Crippen molar-refractivity contribution in [2.75, 3.05) is 0 Å². The van der Waals surface area contributed by atoms with E-state index in [0.717, 1.165) is 23.6 Å². The van der Waals surface area contributed by atoms with E-state index in [4.69, 9.17) is 10.5 Å². The lowest BCUT2D eigenvalue weighted by molar-refractivity contribution is -0.141. The number of alkyl halides is 3. The van der Waals surface area contributed by atoms with Crippen molar-refractivity contribution in [1.29, 1.82) is 0 Å². The first-order valence-electron chi connectivity index (χ1n) is 8.49. The molecule has 3 aromatic heterocycles. The smallest absolute Gasteiger partial charge is 0.433 e. The van der Waals surface area contributed by atoms with Crippen LogP contribution in [-0.2, 0) is 11.0 Å². The van der Waals surface area contributed by atoms with E-state index in [1.54, 1.807) is 42.7 Å². The summed E-state index contributed by atoms with van der Waals surface area (Å²) >= 11 is 1.10. The van der Waals surface area contributed by atoms with Crippen LogP contribution in [0.4, 0.5) is 13.2 Å². The van der Waals surface area contributed by atoms with Gasteiger partial charge < -0.3 is 10.5 Å². The number of hydrogen-bond acceptors (Lipinski definition) is 7. The highest BCUT2D eigenvalue weighted by Gasteiger charge is 2.35. The number of benzene rings is 1. The first kappa shape index (κ1) is 19.7. The number of nitrogens with zero attached hydrogens (tertiary/aromatic N) is 4. The number of hydrogen-bond donors (Lipinski definition) is 1. The quantitative estimate of drug-likeness (QED) is 0.514. The maximum absolute atomic E-state index is 13.0. The molecule has 0 radical (unpaired) electrons. The summed E-state index contributed by atoms with van der Waals surface area (Å²) in [6, 6.07) is 9.25. The zero-order valence-corrected chi connectivity index (χ0v) is 15.8. The molecule has 30 heavy (non-hydrogen) atoms. The van der Waals surface area contributed by atoms with E-state index in [1.165, 1.54) is 0 Å². The third-order valence-electron chi connectivity index (χ3n) is 4.00. The Kier molecular flexibility index (Phi) is 5.04. The third-order valence-corrected chi connectivity index (χ3v) is 5.08. The van der Waals surface area contributed by atoms with Crippen LogP contribution in [0, 0.1) is 0 Å². The number of ether oxygens (including phenoxy) is 1. The summed E-state index contributed by atoms with van der Waals surface area (Å²) in [6.45, 7) is 0. The first-order chi connectivity index (χ1) is 14.3. The maximum Gasteiger partial charge on any atom is 0.433 e. The molecule has 2 N–H and O–H groups in total. The minimum absolute atomic E-state index is 0.190. The monoisotopic (exact) mass is 431 g/mol. The van der Waals surface area contributed by atoms with Gasteiger partial charge in [0.05, 0.1) is 16.4 Å². The molecule has 0 aliphatic carbocycles. The van der Waals surface area contributed by atoms with Crippen LogP contribution < -0.4 is 10.5 Å². The Hall–Kier alpha value is -3.60. The second-order valence-electron chi connectivity index (χ2n) is 6.11. The minimum Gasteiger partial charge on any atom is -0.456 e. The third kappa shape index (κ3) is 4.06. The lowest BCUT2D eigenvalue weighted by atomic mass is 10.1. The molecule has 152 valence electrons. The van der Waals surface area contributed by atoms with Gasteiger partial charge in [-0.3, -0.25) is 9.78 Å². The number of rotatable bonds is 5. The van der Waals surface area contributed by atoms with Gasteiger partial charge in [-0.1, -0.05) is 0 Å². The van der Waals surface area contributed by atoms with Crippen LogP contribution in [0.25, 0.3) is 10.2 Å². The Balaban J connectivity index is 1.70. The van der Waals surface area contributed by atoms with Crippen LogP contribution >= 0.6 is 11.3 Å². The fourth-order valence-electron chi connectivity index (χ4n) is 2.68. The summed E-state index contributed by atoms with van der Waals surface area (Å²) in [7, 11) is 0. The number of nitrogens with two attached hydrogens (primary N) is 1. The summed E-state index contributed by atoms with van der Waals surface area (Å²) in [6.07, 6.45) is -0.567. The normalized spacial score (nSPS) is 12.6. The molecule has 1 unspecified atom stereocenters. The van der Waals surface area contributed by atoms with E-state index in [9.17, 15) is 18.0 Å². The van der Waals surface area contributed by atoms with E-state index in [2.05, 4.69) is 19.9 Å². The number of halogens is 3. The number of pyridine rings is 1. The van der Waals surface area contributed by atoms with Crippen molar-refractivity contribution in [3.8, 4) is 11.5 Å². The van der Waals surface area contributed by atoms with Gasteiger partial charge in [0.1, 0.15) is 33.9 Å². The van der Waals surface area contributed by atoms with Crippen LogP contribution in [0.2, 0.25) is 0 Å². The molecule has 3 heterocycles. The Morgan fingerprint density at radius 3 is 2.63 bits per heavy atom. The zero-order chi connectivity index (χ0) is 21.3. The lowest BCUT2D eigenvalue weighted by Gasteiger charge is -2.11. The molecule has 7 nitrogen and oxygen atoms in total. The fourth-order valence-corrected chi connectivity index (χ4v) is 3.79. The number of carbonyl (C=O) groups excluding carboxylic acids is 1. The summed E-state index contributed by atoms with van der Waals surface area (Å²) in [5, 5.41) is 0.190. The molecule has 1 atom stereocenters. The molecule has 1 amide bonds. The SMILES string of the molecule is NC(=O)C(c1nccc(C(F)(F)F)n1)c1nc2ccc(Oc3cccnc3)cc2s1. The van der Waals surface area contributed by atoms with Gasteiger partial charge in [0.25, 0.3) is 0 Å². The van der Waals surface area contributed by atoms with Crippen molar-refractivity contribution < 1.29 is 22.7 Å². The number of primary amides is 1. The van der Waals surface area contributed by atoms with Crippen LogP contribution in [0.1, 0.15) is 22.4 Å². The van der Waals surface area contributed by atoms with Crippen molar-refractivity contribution in [3.05, 3.63) is 71.5 Å². The van der Waals surface area contributed by atoms with Gasteiger partial charge in [-0.25, -0.2) is 15.0 Å². The predicted octanol–water partition coefficient (Wildman–Crippen LogP) is 3.91. The molecular formula is C19H12F3N5O2S. The highest BCUT2D eigenvalue weighted by molar-refractivity contribution is 7.18. The Morgan fingerprint density at radius 2 is 1.93 bits per heavy atom. The molecule has 0 aliphatic rings. The molecule has 0 bridgehead atoms. The number of aromatic nitrogens is 4. The lowest BCUT2D eigenvalue weighted by Crippen LogP contribution is -2.25. The van der Waals surface area contributed by atoms with E-state index in [0.29, 0.717) is 21.7 Å². The van der Waals surface area contributed by atoms with Crippen LogP contribution in [0.15, 0.2) is 55.0 Å². The number of thiazole rings is 1. The molecule has 1 aromatic carbocycles. The maximum atomic E-state index is 13.0. The molecule has 11 heteroatoms. The molecule has 0 saturated carbocycles. The largest absolute Gasteiger partial charge is 0.456 e. The topological polar surface area (TPSA) is 104 Å². The summed E-state index contributed by atoms with van der Waals surface area (Å²) in [5.41, 5.74) is 4.82. The summed E-state index contributed by atoms with van der Waals surface area (Å²) < 4.78 is 45.3. The van der Waals surface area contributed by atoms with Crippen LogP contribution in [0.5, 0.6) is 11.5 Å². The molecular weight excluding hydrogens is 419 g/mol. The molecule has 4 rings (SSSR count). The molecule has 0 spiro atoms. The van der Waals surface area contributed by atoms with E-state index in [1.807, 2.05) is 0 Å². The van der Waals surface area contributed by atoms with Gasteiger partial charge in [-0.05, 0) is 30.3 Å². The first-order valence-corrected chi connectivity index (χ1v) is 9.31. The zero-order valence-electron chi connectivity index (χ0n) is 15.0. The highest BCUT2D eigenvalue weighted by Crippen LogP contribution is 2.34. The van der Waals surface area contributed by atoms with Gasteiger partial charge in [0, 0.05) is 18.5 Å². The standard InChI is InChI=1S/C19H12F3N5O2S/c20-19(21,22)14-5-7-25-17(27-14)15(16(23)28)18-26-12-4-3-10(8-13(12)30-18)29-11-2-1-6-24-9-11/h1-9,15H,(H2,23,28). The van der Waals surface area contributed by atoms with Crippen molar-refractivity contribution in [3.63, 3.8) is 0 Å². The van der Waals surface area contributed by atoms with E-state index >= 15 is 0 Å². The summed E-state index contributed by atoms with van der Waals surface area (Å²) in [5.74, 6) is -1.53. The second kappa shape index (κ2) is 7.67. The van der Waals surface area contributed by atoms with Crippen molar-refractivity contribution >= 4 is 27.5 Å². The van der Waals surface area contributed by atoms with Gasteiger partial charge in [0.2, 0.25) is 5.91 Å². The fraction of sp³-hybridized carbons (Fsp3) is 0.105. The second-order valence-corrected chi connectivity index (χ2v) is 7.17. The van der Waals surface area contributed by atoms with Crippen LogP contribution in [0.3, 0.4) is 0 Å². The molecule has 0 aliphatic heterocycles. The van der Waals surface area contributed by atoms with E-state index in [-0.39, 0.29) is 10.8 Å². The number of fused-ring (bicyclic) bond motifs is 1. The van der Waals surface area contributed by atoms with Crippen LogP contribution in [-0.4, -0.2) is 25.8 Å². The Labute approximate surface area is 171 Å². The minimum atomic E-state index is -4.67. The Bertz CT molecular complexity index is 1210. The van der Waals surface area contributed by atoms with Crippen molar-refractivity contribution in [1.82, 2.24) is 19.9 Å².